The average molecular weight is 350 g/mol. The number of hydrogen-bond donors (Lipinski definition) is 4. The average Bonchev–Trinajstić information content (AvgIpc) is 2.73. The van der Waals surface area contributed by atoms with E-state index < -0.39 is 42.9 Å². The Morgan fingerprint density at radius 2 is 1.70 bits per heavy atom. The number of aliphatic hydroxyl groups is 3. The molecule has 1 fully saturated rings. The third-order valence-electron chi connectivity index (χ3n) is 4.86. The van der Waals surface area contributed by atoms with Crippen LogP contribution in [0.3, 0.4) is 0 Å². The van der Waals surface area contributed by atoms with Gasteiger partial charge in [-0.3, -0.25) is 9.09 Å². The minimum Gasteiger partial charge on any atom is -0.388 e. The van der Waals surface area contributed by atoms with E-state index in [4.69, 9.17) is 17.1 Å². The molecule has 0 aromatic carbocycles. The molecule has 4 N–H and O–H groups in total. The Morgan fingerprint density at radius 1 is 1.17 bits per heavy atom. The highest BCUT2D eigenvalue weighted by molar-refractivity contribution is 7.54. The van der Waals surface area contributed by atoms with E-state index in [1.165, 1.54) is 6.92 Å². The number of rotatable bonds is 8. The van der Waals surface area contributed by atoms with Crippen LogP contribution in [0.1, 0.15) is 53.4 Å². The second kappa shape index (κ2) is 7.52. The fraction of sp³-hybridized carbons (Fsp3) is 1.00. The third-order valence-corrected chi connectivity index (χ3v) is 7.03. The first kappa shape index (κ1) is 21.1. The molecule has 1 rings (SSSR count). The maximum atomic E-state index is 12.5. The second-order valence-electron chi connectivity index (χ2n) is 6.40. The van der Waals surface area contributed by atoms with Gasteiger partial charge in [0.25, 0.3) is 0 Å². The van der Waals surface area contributed by atoms with Crippen LogP contribution in [0.2, 0.25) is 0 Å². The van der Waals surface area contributed by atoms with Gasteiger partial charge in [-0.05, 0) is 26.2 Å². The summed E-state index contributed by atoms with van der Waals surface area (Å²) < 4.78 is 23.3. The molecule has 1 saturated heterocycles. The molecule has 134 valence electrons. The fourth-order valence-electron chi connectivity index (χ4n) is 2.58. The van der Waals surface area contributed by atoms with Crippen molar-refractivity contribution in [1.29, 1.82) is 0 Å². The molecule has 1 aliphatic heterocycles. The molecule has 0 aliphatic carbocycles. The van der Waals surface area contributed by atoms with Gasteiger partial charge in [-0.15, -0.1) is 0 Å². The lowest BCUT2D eigenvalue weighted by Crippen LogP contribution is -2.41. The largest absolute Gasteiger partial charge is 0.388 e. The number of aliphatic hydroxyl groups excluding tert-OH is 2. The van der Waals surface area contributed by atoms with Gasteiger partial charge in [0.15, 0.2) is 5.34 Å². The maximum absolute atomic E-state index is 12.5. The van der Waals surface area contributed by atoms with Crippen molar-refractivity contribution < 1.29 is 34.0 Å². The lowest BCUT2D eigenvalue weighted by Gasteiger charge is -2.39. The van der Waals surface area contributed by atoms with Gasteiger partial charge in [-0.1, -0.05) is 20.8 Å². The Kier molecular flexibility index (Phi) is 6.90. The van der Waals surface area contributed by atoms with Crippen LogP contribution in [0.5, 0.6) is 0 Å². The van der Waals surface area contributed by atoms with Gasteiger partial charge < -0.3 is 24.9 Å². The molecule has 2 radical (unpaired) electrons. The van der Waals surface area contributed by atoms with Crippen LogP contribution in [0.15, 0.2) is 0 Å². The van der Waals surface area contributed by atoms with E-state index in [1.54, 1.807) is 20.8 Å². The summed E-state index contributed by atoms with van der Waals surface area (Å²) in [6.07, 6.45) is -2.36. The standard InChI is InChI=1S/C14H28BO7P/c1-5-13(4,18)23(19,20)22-14(6-2,7-3)8-9-10(16)11(17)12(15)21-9/h9-12,16-18H,5-8H2,1-4H3,(H,19,20). The van der Waals surface area contributed by atoms with Crippen molar-refractivity contribution >= 4 is 15.4 Å². The quantitative estimate of drug-likeness (QED) is 0.379. The van der Waals surface area contributed by atoms with Crippen LogP contribution >= 0.6 is 7.60 Å². The van der Waals surface area contributed by atoms with E-state index in [0.717, 1.165) is 0 Å². The highest BCUT2D eigenvalue weighted by atomic mass is 31.2. The molecule has 0 aromatic rings. The monoisotopic (exact) mass is 350 g/mol. The summed E-state index contributed by atoms with van der Waals surface area (Å²) in [4.78, 5) is 10.2. The number of hydrogen-bond acceptors (Lipinski definition) is 6. The molecular formula is C14H28BO7P. The number of ether oxygens (including phenoxy) is 1. The molecule has 1 aliphatic rings. The lowest BCUT2D eigenvalue weighted by molar-refractivity contribution is -0.0540. The summed E-state index contributed by atoms with van der Waals surface area (Å²) in [5.41, 5.74) is -1.08. The second-order valence-corrected chi connectivity index (χ2v) is 8.58. The van der Waals surface area contributed by atoms with E-state index in [0.29, 0.717) is 12.8 Å². The summed E-state index contributed by atoms with van der Waals surface area (Å²) >= 11 is 0. The first-order chi connectivity index (χ1) is 10.4. The molecule has 0 bridgehead atoms. The summed E-state index contributed by atoms with van der Waals surface area (Å²) in [6, 6.07) is -1.01. The zero-order chi connectivity index (χ0) is 18.1. The Balaban J connectivity index is 2.98. The van der Waals surface area contributed by atoms with Crippen molar-refractivity contribution in [2.75, 3.05) is 0 Å². The van der Waals surface area contributed by atoms with Crippen molar-refractivity contribution in [2.45, 2.75) is 88.6 Å². The van der Waals surface area contributed by atoms with Crippen molar-refractivity contribution in [3.8, 4) is 0 Å². The van der Waals surface area contributed by atoms with Gasteiger partial charge in [0.1, 0.15) is 14.0 Å². The normalized spacial score (nSPS) is 34.1. The first-order valence-corrected chi connectivity index (χ1v) is 9.56. The topological polar surface area (TPSA) is 116 Å². The predicted octanol–water partition coefficient (Wildman–Crippen LogP) is 0.871. The Labute approximate surface area is 138 Å². The van der Waals surface area contributed by atoms with Gasteiger partial charge in [0.2, 0.25) is 0 Å². The lowest BCUT2D eigenvalue weighted by atomic mass is 9.87. The molecule has 6 atom stereocenters. The Morgan fingerprint density at radius 3 is 2.04 bits per heavy atom. The van der Waals surface area contributed by atoms with Crippen molar-refractivity contribution in [3.05, 3.63) is 0 Å². The van der Waals surface area contributed by atoms with Crippen molar-refractivity contribution in [3.63, 3.8) is 0 Å². The fourth-order valence-corrected chi connectivity index (χ4v) is 4.03. The molecule has 0 aromatic heterocycles. The smallest absolute Gasteiger partial charge is 0.359 e. The van der Waals surface area contributed by atoms with E-state index >= 15 is 0 Å². The van der Waals surface area contributed by atoms with Gasteiger partial charge >= 0.3 is 7.60 Å². The van der Waals surface area contributed by atoms with Crippen molar-refractivity contribution in [1.82, 2.24) is 0 Å². The molecule has 0 saturated carbocycles. The van der Waals surface area contributed by atoms with Crippen LogP contribution in [-0.2, 0) is 13.8 Å². The van der Waals surface area contributed by atoms with Crippen LogP contribution in [-0.4, -0.2) is 63.3 Å². The molecule has 0 amide bonds. The molecule has 23 heavy (non-hydrogen) atoms. The van der Waals surface area contributed by atoms with Gasteiger partial charge in [0.05, 0.1) is 17.8 Å². The van der Waals surface area contributed by atoms with Gasteiger partial charge in [-0.2, -0.15) is 0 Å². The maximum Gasteiger partial charge on any atom is 0.359 e. The van der Waals surface area contributed by atoms with Crippen LogP contribution in [0, 0.1) is 0 Å². The zero-order valence-corrected chi connectivity index (χ0v) is 15.1. The molecule has 1 heterocycles. The molecule has 7 nitrogen and oxygen atoms in total. The van der Waals surface area contributed by atoms with Crippen LogP contribution in [0.4, 0.5) is 0 Å². The summed E-state index contributed by atoms with van der Waals surface area (Å²) in [6.45, 7) is 6.40. The SMILES string of the molecule is [B]C1OC(CC(CC)(CC)OP(=O)(O)C(C)(O)CC)C(O)C1O. The van der Waals surface area contributed by atoms with Gasteiger partial charge in [0, 0.05) is 12.4 Å². The minimum atomic E-state index is -4.33. The van der Waals surface area contributed by atoms with Gasteiger partial charge in [-0.25, -0.2) is 0 Å². The molecule has 6 unspecified atom stereocenters. The highest BCUT2D eigenvalue weighted by Gasteiger charge is 2.50. The summed E-state index contributed by atoms with van der Waals surface area (Å²) in [5, 5.41) is 27.9. The van der Waals surface area contributed by atoms with Crippen LogP contribution in [0.25, 0.3) is 0 Å². The summed E-state index contributed by atoms with van der Waals surface area (Å²) in [7, 11) is 1.23. The summed E-state index contributed by atoms with van der Waals surface area (Å²) in [5.74, 6) is 0. The Bertz CT molecular complexity index is 441. The zero-order valence-electron chi connectivity index (χ0n) is 14.2. The highest BCUT2D eigenvalue weighted by Crippen LogP contribution is 2.59. The van der Waals surface area contributed by atoms with E-state index in [1.807, 2.05) is 0 Å². The Hall–Kier alpha value is 0.0549. The first-order valence-electron chi connectivity index (χ1n) is 7.98. The van der Waals surface area contributed by atoms with E-state index in [2.05, 4.69) is 0 Å². The molecular weight excluding hydrogens is 322 g/mol. The molecule has 0 spiro atoms. The molecule has 9 heteroatoms. The predicted molar refractivity (Wildman–Crippen MR) is 86.2 cm³/mol. The van der Waals surface area contributed by atoms with Crippen LogP contribution < -0.4 is 0 Å². The minimum absolute atomic E-state index is 0.0520. The van der Waals surface area contributed by atoms with E-state index in [-0.39, 0.29) is 12.8 Å². The van der Waals surface area contributed by atoms with Crippen molar-refractivity contribution in [2.24, 2.45) is 0 Å². The third kappa shape index (κ3) is 4.37. The van der Waals surface area contributed by atoms with E-state index in [9.17, 15) is 24.8 Å².